The molecule has 1 N–H and O–H groups in total. The van der Waals surface area contributed by atoms with Gasteiger partial charge in [0.1, 0.15) is 0 Å². The lowest BCUT2D eigenvalue weighted by Crippen LogP contribution is -2.22. The van der Waals surface area contributed by atoms with Gasteiger partial charge in [-0.2, -0.15) is 0 Å². The van der Waals surface area contributed by atoms with E-state index in [4.69, 9.17) is 9.47 Å². The van der Waals surface area contributed by atoms with Gasteiger partial charge in [0.05, 0.1) is 19.3 Å². The van der Waals surface area contributed by atoms with Gasteiger partial charge in [-0.05, 0) is 35.4 Å². The normalized spacial score (nSPS) is 22.4. The molecule has 0 aliphatic carbocycles. The third-order valence-corrected chi connectivity index (χ3v) is 3.80. The average Bonchev–Trinajstić information content (AvgIpc) is 2.86. The number of rotatable bonds is 2. The van der Waals surface area contributed by atoms with Crippen LogP contribution in [0.4, 0.5) is 0 Å². The SMILES string of the molecule is OC(c1ccc2c(c1)COC2)C1CCOCC1. The zero-order valence-electron chi connectivity index (χ0n) is 9.89. The van der Waals surface area contributed by atoms with Crippen molar-refractivity contribution in [3.05, 3.63) is 34.9 Å². The molecule has 1 unspecified atom stereocenters. The topological polar surface area (TPSA) is 38.7 Å². The molecular formula is C14H18O3. The van der Waals surface area contributed by atoms with E-state index in [-0.39, 0.29) is 6.10 Å². The molecule has 0 radical (unpaired) electrons. The molecule has 3 rings (SSSR count). The first kappa shape index (κ1) is 11.2. The summed E-state index contributed by atoms with van der Waals surface area (Å²) in [6.07, 6.45) is 1.55. The van der Waals surface area contributed by atoms with Crippen LogP contribution >= 0.6 is 0 Å². The molecule has 1 aromatic rings. The molecule has 2 heterocycles. The predicted molar refractivity (Wildman–Crippen MR) is 63.4 cm³/mol. The standard InChI is InChI=1S/C14H18O3/c15-14(10-3-5-16-6-4-10)11-1-2-12-8-17-9-13(12)7-11/h1-2,7,10,14-15H,3-6,8-9H2. The van der Waals surface area contributed by atoms with Crippen molar-refractivity contribution in [2.45, 2.75) is 32.2 Å². The second-order valence-electron chi connectivity index (χ2n) is 4.92. The number of hydrogen-bond donors (Lipinski definition) is 1. The third kappa shape index (κ3) is 2.23. The molecule has 0 aromatic heterocycles. The van der Waals surface area contributed by atoms with E-state index in [9.17, 15) is 5.11 Å². The molecule has 0 amide bonds. The lowest BCUT2D eigenvalue weighted by Gasteiger charge is -2.27. The maximum absolute atomic E-state index is 10.4. The van der Waals surface area contributed by atoms with Crippen LogP contribution in [-0.4, -0.2) is 18.3 Å². The molecule has 1 atom stereocenters. The molecule has 0 bridgehead atoms. The van der Waals surface area contributed by atoms with Crippen LogP contribution in [0.2, 0.25) is 0 Å². The van der Waals surface area contributed by atoms with Gasteiger partial charge in [0.2, 0.25) is 0 Å². The van der Waals surface area contributed by atoms with Crippen molar-refractivity contribution in [2.75, 3.05) is 13.2 Å². The van der Waals surface area contributed by atoms with Gasteiger partial charge in [0.15, 0.2) is 0 Å². The maximum atomic E-state index is 10.4. The molecule has 92 valence electrons. The molecule has 0 saturated carbocycles. The minimum absolute atomic E-state index is 0.337. The van der Waals surface area contributed by atoms with E-state index in [1.165, 1.54) is 11.1 Å². The fraction of sp³-hybridized carbons (Fsp3) is 0.571. The zero-order chi connectivity index (χ0) is 11.7. The van der Waals surface area contributed by atoms with E-state index in [2.05, 4.69) is 12.1 Å². The van der Waals surface area contributed by atoms with Crippen molar-refractivity contribution < 1.29 is 14.6 Å². The van der Waals surface area contributed by atoms with Crippen LogP contribution in [0.3, 0.4) is 0 Å². The highest BCUT2D eigenvalue weighted by atomic mass is 16.5. The monoisotopic (exact) mass is 234 g/mol. The Kier molecular flexibility index (Phi) is 3.14. The van der Waals surface area contributed by atoms with E-state index < -0.39 is 0 Å². The molecule has 3 heteroatoms. The van der Waals surface area contributed by atoms with Gasteiger partial charge < -0.3 is 14.6 Å². The second-order valence-corrected chi connectivity index (χ2v) is 4.92. The number of aliphatic hydroxyl groups excluding tert-OH is 1. The van der Waals surface area contributed by atoms with E-state index in [1.54, 1.807) is 0 Å². The fourth-order valence-corrected chi connectivity index (χ4v) is 2.68. The Bertz CT molecular complexity index is 396. The average molecular weight is 234 g/mol. The summed E-state index contributed by atoms with van der Waals surface area (Å²) in [6, 6.07) is 6.22. The van der Waals surface area contributed by atoms with Gasteiger partial charge in [0, 0.05) is 13.2 Å². The minimum Gasteiger partial charge on any atom is -0.388 e. The lowest BCUT2D eigenvalue weighted by molar-refractivity contribution is 0.00715. The summed E-state index contributed by atoms with van der Waals surface area (Å²) in [5.74, 6) is 0.337. The van der Waals surface area contributed by atoms with Crippen LogP contribution in [0.15, 0.2) is 18.2 Å². The number of hydrogen-bond acceptors (Lipinski definition) is 3. The van der Waals surface area contributed by atoms with Gasteiger partial charge in [-0.25, -0.2) is 0 Å². The van der Waals surface area contributed by atoms with E-state index >= 15 is 0 Å². The van der Waals surface area contributed by atoms with Crippen molar-refractivity contribution in [1.29, 1.82) is 0 Å². The molecule has 1 aromatic carbocycles. The van der Waals surface area contributed by atoms with Gasteiger partial charge in [-0.15, -0.1) is 0 Å². The second kappa shape index (κ2) is 4.77. The molecule has 1 saturated heterocycles. The quantitative estimate of drug-likeness (QED) is 0.852. The molecule has 3 nitrogen and oxygen atoms in total. The van der Waals surface area contributed by atoms with Crippen LogP contribution in [0.1, 0.15) is 35.6 Å². The summed E-state index contributed by atoms with van der Waals surface area (Å²) >= 11 is 0. The highest BCUT2D eigenvalue weighted by molar-refractivity contribution is 5.34. The summed E-state index contributed by atoms with van der Waals surface area (Å²) in [7, 11) is 0. The van der Waals surface area contributed by atoms with Crippen molar-refractivity contribution in [2.24, 2.45) is 5.92 Å². The van der Waals surface area contributed by atoms with Crippen LogP contribution < -0.4 is 0 Å². The van der Waals surface area contributed by atoms with E-state index in [0.717, 1.165) is 31.6 Å². The minimum atomic E-state index is -0.357. The Balaban J connectivity index is 1.78. The smallest absolute Gasteiger partial charge is 0.0820 e. The van der Waals surface area contributed by atoms with Crippen LogP contribution in [-0.2, 0) is 22.7 Å². The number of benzene rings is 1. The Morgan fingerprint density at radius 3 is 2.65 bits per heavy atom. The first-order valence-corrected chi connectivity index (χ1v) is 6.30. The fourth-order valence-electron chi connectivity index (χ4n) is 2.68. The predicted octanol–water partition coefficient (Wildman–Crippen LogP) is 2.18. The lowest BCUT2D eigenvalue weighted by atomic mass is 9.88. The Morgan fingerprint density at radius 1 is 1.06 bits per heavy atom. The van der Waals surface area contributed by atoms with Crippen LogP contribution in [0.25, 0.3) is 0 Å². The van der Waals surface area contributed by atoms with Crippen LogP contribution in [0.5, 0.6) is 0 Å². The molecule has 1 fully saturated rings. The first-order valence-electron chi connectivity index (χ1n) is 6.30. The number of aliphatic hydroxyl groups is 1. The highest BCUT2D eigenvalue weighted by Crippen LogP contribution is 2.32. The molecule has 2 aliphatic heterocycles. The van der Waals surface area contributed by atoms with Gasteiger partial charge in [-0.3, -0.25) is 0 Å². The van der Waals surface area contributed by atoms with Gasteiger partial charge in [0.25, 0.3) is 0 Å². The van der Waals surface area contributed by atoms with E-state index in [0.29, 0.717) is 19.1 Å². The van der Waals surface area contributed by atoms with Gasteiger partial charge in [-0.1, -0.05) is 18.2 Å². The molecule has 2 aliphatic rings. The number of fused-ring (bicyclic) bond motifs is 1. The Morgan fingerprint density at radius 2 is 1.82 bits per heavy atom. The maximum Gasteiger partial charge on any atom is 0.0820 e. The van der Waals surface area contributed by atoms with Crippen molar-refractivity contribution >= 4 is 0 Å². The van der Waals surface area contributed by atoms with Crippen molar-refractivity contribution in [3.8, 4) is 0 Å². The highest BCUT2D eigenvalue weighted by Gasteiger charge is 2.24. The van der Waals surface area contributed by atoms with Gasteiger partial charge >= 0.3 is 0 Å². The molecule has 17 heavy (non-hydrogen) atoms. The van der Waals surface area contributed by atoms with E-state index in [1.807, 2.05) is 6.07 Å². The summed E-state index contributed by atoms with van der Waals surface area (Å²) in [5.41, 5.74) is 3.52. The summed E-state index contributed by atoms with van der Waals surface area (Å²) < 4.78 is 10.7. The molecule has 0 spiro atoms. The summed E-state index contributed by atoms with van der Waals surface area (Å²) in [6.45, 7) is 2.94. The van der Waals surface area contributed by atoms with Crippen molar-refractivity contribution in [3.63, 3.8) is 0 Å². The summed E-state index contributed by atoms with van der Waals surface area (Å²) in [5, 5.41) is 10.4. The largest absolute Gasteiger partial charge is 0.388 e. The van der Waals surface area contributed by atoms with Crippen LogP contribution in [0, 0.1) is 5.92 Å². The Labute approximate surface area is 101 Å². The summed E-state index contributed by atoms with van der Waals surface area (Å²) in [4.78, 5) is 0. The first-order chi connectivity index (χ1) is 8.34. The number of ether oxygens (including phenoxy) is 2. The Hall–Kier alpha value is -0.900. The van der Waals surface area contributed by atoms with Crippen molar-refractivity contribution in [1.82, 2.24) is 0 Å². The third-order valence-electron chi connectivity index (χ3n) is 3.80. The molecular weight excluding hydrogens is 216 g/mol. The zero-order valence-corrected chi connectivity index (χ0v) is 9.89.